The average molecular weight is 305 g/mol. The van der Waals surface area contributed by atoms with E-state index in [2.05, 4.69) is 0 Å². The second-order valence-electron chi connectivity index (χ2n) is 4.96. The molecule has 1 heterocycles. The van der Waals surface area contributed by atoms with Gasteiger partial charge in [0, 0.05) is 16.1 Å². The molecular formula is C16H13ClO4. The number of halogens is 1. The number of Topliss-reactive ketones (excluding diaryl/α,β-unsaturated/α-hetero) is 1. The van der Waals surface area contributed by atoms with E-state index in [0.29, 0.717) is 21.9 Å². The van der Waals surface area contributed by atoms with Crippen LogP contribution in [-0.4, -0.2) is 22.6 Å². The van der Waals surface area contributed by atoms with Gasteiger partial charge in [-0.15, -0.1) is 0 Å². The summed E-state index contributed by atoms with van der Waals surface area (Å²) in [5.41, 5.74) is 0.941. The summed E-state index contributed by atoms with van der Waals surface area (Å²) in [5, 5.41) is 20.2. The molecule has 0 saturated carbocycles. The first kappa shape index (κ1) is 13.9. The molecule has 3 rings (SSSR count). The van der Waals surface area contributed by atoms with E-state index in [9.17, 15) is 15.0 Å². The van der Waals surface area contributed by atoms with Gasteiger partial charge in [0.25, 0.3) is 0 Å². The summed E-state index contributed by atoms with van der Waals surface area (Å²) >= 11 is 5.92. The minimum Gasteiger partial charge on any atom is -0.508 e. The minimum atomic E-state index is -0.964. The molecule has 1 aliphatic heterocycles. The number of hydrogen-bond donors (Lipinski definition) is 2. The zero-order valence-corrected chi connectivity index (χ0v) is 11.7. The molecule has 21 heavy (non-hydrogen) atoms. The number of fused-ring (bicyclic) bond motifs is 1. The Morgan fingerprint density at radius 3 is 2.62 bits per heavy atom. The van der Waals surface area contributed by atoms with Crippen LogP contribution in [0.3, 0.4) is 0 Å². The van der Waals surface area contributed by atoms with Crippen LogP contribution in [0.4, 0.5) is 0 Å². The molecule has 0 aliphatic carbocycles. The first-order valence-electron chi connectivity index (χ1n) is 6.50. The summed E-state index contributed by atoms with van der Waals surface area (Å²) in [7, 11) is 0. The highest BCUT2D eigenvalue weighted by atomic mass is 35.5. The standard InChI is InChI=1S/C16H13ClO4/c17-10-3-6-14-12(7-10)16(20)13(8-21-14)15(19)9-1-4-11(18)5-2-9/h1-7,13,16,18,20H,8H2. The molecule has 0 amide bonds. The molecule has 1 aliphatic rings. The van der Waals surface area contributed by atoms with Gasteiger partial charge in [0.1, 0.15) is 18.1 Å². The van der Waals surface area contributed by atoms with Gasteiger partial charge in [0.2, 0.25) is 0 Å². The average Bonchev–Trinajstić information content (AvgIpc) is 2.48. The molecule has 0 bridgehead atoms. The summed E-state index contributed by atoms with van der Waals surface area (Å²) in [4.78, 5) is 12.5. The largest absolute Gasteiger partial charge is 0.508 e. The highest BCUT2D eigenvalue weighted by Crippen LogP contribution is 2.38. The molecule has 0 spiro atoms. The van der Waals surface area contributed by atoms with Crippen molar-refractivity contribution in [2.75, 3.05) is 6.61 Å². The Hall–Kier alpha value is -2.04. The molecule has 2 atom stereocenters. The molecule has 0 aromatic heterocycles. The quantitative estimate of drug-likeness (QED) is 0.837. The van der Waals surface area contributed by atoms with Crippen molar-refractivity contribution in [2.24, 2.45) is 5.92 Å². The monoisotopic (exact) mass is 304 g/mol. The lowest BCUT2D eigenvalue weighted by Gasteiger charge is -2.29. The topological polar surface area (TPSA) is 66.8 Å². The normalized spacial score (nSPS) is 20.5. The lowest BCUT2D eigenvalue weighted by atomic mass is 9.87. The number of rotatable bonds is 2. The number of ether oxygens (including phenoxy) is 1. The van der Waals surface area contributed by atoms with E-state index in [-0.39, 0.29) is 18.1 Å². The van der Waals surface area contributed by atoms with Gasteiger partial charge in [-0.1, -0.05) is 11.6 Å². The van der Waals surface area contributed by atoms with Gasteiger partial charge < -0.3 is 14.9 Å². The van der Waals surface area contributed by atoms with Gasteiger partial charge in [-0.2, -0.15) is 0 Å². The van der Waals surface area contributed by atoms with Crippen LogP contribution in [0.25, 0.3) is 0 Å². The Balaban J connectivity index is 1.90. The van der Waals surface area contributed by atoms with E-state index < -0.39 is 12.0 Å². The van der Waals surface area contributed by atoms with Crippen LogP contribution in [0.15, 0.2) is 42.5 Å². The number of aromatic hydroxyl groups is 1. The van der Waals surface area contributed by atoms with E-state index in [1.807, 2.05) is 0 Å². The molecule has 4 nitrogen and oxygen atoms in total. The Labute approximate surface area is 126 Å². The molecule has 108 valence electrons. The summed E-state index contributed by atoms with van der Waals surface area (Å²) in [6.45, 7) is 0.107. The van der Waals surface area contributed by atoms with Crippen molar-refractivity contribution in [3.63, 3.8) is 0 Å². The predicted molar refractivity (Wildman–Crippen MR) is 77.8 cm³/mol. The van der Waals surface area contributed by atoms with Gasteiger partial charge in [-0.25, -0.2) is 0 Å². The van der Waals surface area contributed by atoms with E-state index in [0.717, 1.165) is 0 Å². The number of aliphatic hydroxyl groups excluding tert-OH is 1. The van der Waals surface area contributed by atoms with Crippen molar-refractivity contribution in [1.82, 2.24) is 0 Å². The van der Waals surface area contributed by atoms with Crippen LogP contribution in [0, 0.1) is 5.92 Å². The molecule has 0 saturated heterocycles. The first-order chi connectivity index (χ1) is 10.1. The SMILES string of the molecule is O=C(c1ccc(O)cc1)C1COc2ccc(Cl)cc2C1O. The molecule has 2 N–H and O–H groups in total. The molecule has 2 aromatic carbocycles. The smallest absolute Gasteiger partial charge is 0.172 e. The van der Waals surface area contributed by atoms with Crippen molar-refractivity contribution >= 4 is 17.4 Å². The summed E-state index contributed by atoms with van der Waals surface area (Å²) in [5.74, 6) is -0.292. The third-order valence-electron chi connectivity index (χ3n) is 3.58. The van der Waals surface area contributed by atoms with Crippen LogP contribution >= 0.6 is 11.6 Å². The highest BCUT2D eigenvalue weighted by molar-refractivity contribution is 6.30. The van der Waals surface area contributed by atoms with Crippen molar-refractivity contribution in [3.8, 4) is 11.5 Å². The summed E-state index contributed by atoms with van der Waals surface area (Å²) < 4.78 is 5.54. The Kier molecular flexibility index (Phi) is 3.57. The zero-order valence-electron chi connectivity index (χ0n) is 11.0. The lowest BCUT2D eigenvalue weighted by molar-refractivity contribution is 0.0418. The molecule has 0 fully saturated rings. The number of hydrogen-bond acceptors (Lipinski definition) is 4. The minimum absolute atomic E-state index is 0.0871. The number of carbonyl (C=O) groups excluding carboxylic acids is 1. The molecule has 2 unspecified atom stereocenters. The summed E-state index contributed by atoms with van der Waals surface area (Å²) in [6.07, 6.45) is -0.964. The van der Waals surface area contributed by atoms with Gasteiger partial charge in [0.15, 0.2) is 5.78 Å². The predicted octanol–water partition coefficient (Wildman–Crippen LogP) is 2.97. The van der Waals surface area contributed by atoms with Gasteiger partial charge in [-0.3, -0.25) is 4.79 Å². The van der Waals surface area contributed by atoms with Crippen molar-refractivity contribution in [3.05, 3.63) is 58.6 Å². The van der Waals surface area contributed by atoms with Crippen LogP contribution in [0.5, 0.6) is 11.5 Å². The Morgan fingerprint density at radius 1 is 1.19 bits per heavy atom. The number of aliphatic hydroxyl groups is 1. The fourth-order valence-corrected chi connectivity index (χ4v) is 2.61. The molecule has 5 heteroatoms. The molecule has 2 aromatic rings. The Morgan fingerprint density at radius 2 is 1.90 bits per heavy atom. The van der Waals surface area contributed by atoms with Crippen molar-refractivity contribution < 1.29 is 19.7 Å². The van der Waals surface area contributed by atoms with Gasteiger partial charge >= 0.3 is 0 Å². The van der Waals surface area contributed by atoms with E-state index in [4.69, 9.17) is 16.3 Å². The summed E-state index contributed by atoms with van der Waals surface area (Å²) in [6, 6.07) is 10.9. The number of ketones is 1. The maximum atomic E-state index is 12.5. The van der Waals surface area contributed by atoms with Crippen molar-refractivity contribution in [1.29, 1.82) is 0 Å². The second kappa shape index (κ2) is 5.39. The van der Waals surface area contributed by atoms with Gasteiger partial charge in [0.05, 0.1) is 12.0 Å². The van der Waals surface area contributed by atoms with Gasteiger partial charge in [-0.05, 0) is 42.5 Å². The maximum absolute atomic E-state index is 12.5. The molecular weight excluding hydrogens is 292 g/mol. The first-order valence-corrected chi connectivity index (χ1v) is 6.87. The zero-order chi connectivity index (χ0) is 15.0. The maximum Gasteiger partial charge on any atom is 0.172 e. The van der Waals surface area contributed by atoms with Crippen LogP contribution in [0.1, 0.15) is 22.0 Å². The van der Waals surface area contributed by atoms with Crippen molar-refractivity contribution in [2.45, 2.75) is 6.10 Å². The van der Waals surface area contributed by atoms with E-state index >= 15 is 0 Å². The van der Waals surface area contributed by atoms with Crippen LogP contribution < -0.4 is 4.74 Å². The number of phenols is 1. The van der Waals surface area contributed by atoms with Crippen LogP contribution in [-0.2, 0) is 0 Å². The highest BCUT2D eigenvalue weighted by Gasteiger charge is 2.35. The fraction of sp³-hybridized carbons (Fsp3) is 0.188. The van der Waals surface area contributed by atoms with E-state index in [1.165, 1.54) is 24.3 Å². The molecule has 0 radical (unpaired) electrons. The third kappa shape index (κ3) is 2.60. The Bertz CT molecular complexity index is 681. The lowest BCUT2D eigenvalue weighted by Crippen LogP contribution is -2.32. The van der Waals surface area contributed by atoms with Crippen LogP contribution in [0.2, 0.25) is 5.02 Å². The second-order valence-corrected chi connectivity index (χ2v) is 5.39. The number of benzene rings is 2. The van der Waals surface area contributed by atoms with E-state index in [1.54, 1.807) is 18.2 Å². The number of carbonyl (C=O) groups is 1. The fourth-order valence-electron chi connectivity index (χ4n) is 2.43. The third-order valence-corrected chi connectivity index (χ3v) is 3.81. The number of phenolic OH excluding ortho intramolecular Hbond substituents is 1.